The highest BCUT2D eigenvalue weighted by Crippen LogP contribution is 2.11. The normalized spacial score (nSPS) is 11.2. The number of esters is 1. The molecule has 124 valence electrons. The van der Waals surface area contributed by atoms with Gasteiger partial charge in [-0.1, -0.05) is 18.2 Å². The first-order chi connectivity index (χ1) is 11.5. The van der Waals surface area contributed by atoms with Crippen LogP contribution in [-0.4, -0.2) is 29.0 Å². The summed E-state index contributed by atoms with van der Waals surface area (Å²) < 4.78 is 4.99. The van der Waals surface area contributed by atoms with E-state index in [0.717, 1.165) is 0 Å². The minimum atomic E-state index is -1.11. The minimum absolute atomic E-state index is 0.0148. The highest BCUT2D eigenvalue weighted by atomic mass is 16.5. The van der Waals surface area contributed by atoms with Gasteiger partial charge in [-0.05, 0) is 43.3 Å². The Morgan fingerprint density at radius 1 is 0.917 bits per heavy atom. The first kappa shape index (κ1) is 17.0. The largest absolute Gasteiger partial charge is 0.508 e. The summed E-state index contributed by atoms with van der Waals surface area (Å²) in [4.78, 5) is 35.5. The van der Waals surface area contributed by atoms with E-state index in [1.54, 1.807) is 30.3 Å². The summed E-state index contributed by atoms with van der Waals surface area (Å²) in [6, 6.07) is 13.8. The Morgan fingerprint density at radius 2 is 1.54 bits per heavy atom. The lowest BCUT2D eigenvalue weighted by atomic mass is 10.2. The Morgan fingerprint density at radius 3 is 2.17 bits per heavy atom. The van der Waals surface area contributed by atoms with Crippen LogP contribution in [-0.2, 0) is 9.53 Å². The molecule has 0 spiro atoms. The summed E-state index contributed by atoms with van der Waals surface area (Å²) in [5.74, 6) is -1.86. The van der Waals surface area contributed by atoms with Gasteiger partial charge in [-0.2, -0.15) is 0 Å². The third kappa shape index (κ3) is 4.57. The quantitative estimate of drug-likeness (QED) is 0.581. The number of ether oxygens (including phenoxy) is 1. The van der Waals surface area contributed by atoms with E-state index in [-0.39, 0.29) is 11.3 Å². The van der Waals surface area contributed by atoms with Crippen molar-refractivity contribution in [2.75, 3.05) is 0 Å². The van der Waals surface area contributed by atoms with Crippen LogP contribution in [0.25, 0.3) is 0 Å². The number of carbonyl (C=O) groups excluding carboxylic acids is 3. The number of hydrogen-bond acceptors (Lipinski definition) is 5. The molecular formula is C17H16N2O5. The number of hydrazine groups is 1. The lowest BCUT2D eigenvalue weighted by Crippen LogP contribution is -2.46. The number of hydrogen-bond donors (Lipinski definition) is 3. The number of benzene rings is 2. The van der Waals surface area contributed by atoms with E-state index in [1.807, 2.05) is 0 Å². The number of rotatable bonds is 4. The SMILES string of the molecule is C[C@H](OC(=O)c1ccc(O)cc1)C(=O)NNC(=O)c1ccccc1. The van der Waals surface area contributed by atoms with Crippen LogP contribution in [0.15, 0.2) is 54.6 Å². The van der Waals surface area contributed by atoms with E-state index >= 15 is 0 Å². The van der Waals surface area contributed by atoms with Crippen molar-refractivity contribution < 1.29 is 24.2 Å². The standard InChI is InChI=1S/C17H16N2O5/c1-11(24-17(23)13-7-9-14(20)10-8-13)15(21)18-19-16(22)12-5-3-2-4-6-12/h2-11,20H,1H3,(H,18,21)(H,19,22)/t11-/m0/s1. The van der Waals surface area contributed by atoms with E-state index in [0.29, 0.717) is 5.56 Å². The molecule has 0 bridgehead atoms. The summed E-state index contributed by atoms with van der Waals surface area (Å²) in [5, 5.41) is 9.17. The minimum Gasteiger partial charge on any atom is -0.508 e. The predicted molar refractivity (Wildman–Crippen MR) is 85.0 cm³/mol. The molecule has 0 radical (unpaired) electrons. The smallest absolute Gasteiger partial charge is 0.338 e. The molecule has 0 aliphatic heterocycles. The van der Waals surface area contributed by atoms with Gasteiger partial charge in [0.15, 0.2) is 6.10 Å². The number of nitrogens with one attached hydrogen (secondary N) is 2. The van der Waals surface area contributed by atoms with Gasteiger partial charge in [-0.3, -0.25) is 20.4 Å². The lowest BCUT2D eigenvalue weighted by molar-refractivity contribution is -0.129. The average molecular weight is 328 g/mol. The Kier molecular flexibility index (Phi) is 5.51. The molecule has 0 saturated carbocycles. The number of amides is 2. The predicted octanol–water partition coefficient (Wildman–Crippen LogP) is 1.40. The fourth-order valence-corrected chi connectivity index (χ4v) is 1.76. The lowest BCUT2D eigenvalue weighted by Gasteiger charge is -2.14. The molecule has 3 N–H and O–H groups in total. The van der Waals surface area contributed by atoms with Crippen molar-refractivity contribution in [3.05, 3.63) is 65.7 Å². The second-order valence-corrected chi connectivity index (χ2v) is 4.90. The first-order valence-electron chi connectivity index (χ1n) is 7.12. The zero-order chi connectivity index (χ0) is 17.5. The number of phenols is 1. The van der Waals surface area contributed by atoms with Crippen LogP contribution in [0.5, 0.6) is 5.75 Å². The molecule has 2 aromatic carbocycles. The first-order valence-corrected chi connectivity index (χ1v) is 7.12. The Hall–Kier alpha value is -3.35. The van der Waals surface area contributed by atoms with Gasteiger partial charge in [0.1, 0.15) is 5.75 Å². The summed E-state index contributed by atoms with van der Waals surface area (Å²) in [6.45, 7) is 1.38. The summed E-state index contributed by atoms with van der Waals surface area (Å²) in [6.07, 6.45) is -1.11. The molecule has 1 atom stereocenters. The number of aromatic hydroxyl groups is 1. The molecule has 7 heteroatoms. The van der Waals surface area contributed by atoms with E-state index in [4.69, 9.17) is 9.84 Å². The molecule has 0 aromatic heterocycles. The third-order valence-electron chi connectivity index (χ3n) is 3.09. The third-order valence-corrected chi connectivity index (χ3v) is 3.09. The topological polar surface area (TPSA) is 105 Å². The van der Waals surface area contributed by atoms with Crippen molar-refractivity contribution in [2.45, 2.75) is 13.0 Å². The van der Waals surface area contributed by atoms with Crippen molar-refractivity contribution in [2.24, 2.45) is 0 Å². The van der Waals surface area contributed by atoms with Crippen molar-refractivity contribution in [1.29, 1.82) is 0 Å². The molecule has 24 heavy (non-hydrogen) atoms. The van der Waals surface area contributed by atoms with Crippen LogP contribution >= 0.6 is 0 Å². The fraction of sp³-hybridized carbons (Fsp3) is 0.118. The van der Waals surface area contributed by atoms with Crippen molar-refractivity contribution in [3.63, 3.8) is 0 Å². The Balaban J connectivity index is 1.84. The van der Waals surface area contributed by atoms with Crippen molar-refractivity contribution >= 4 is 17.8 Å². The van der Waals surface area contributed by atoms with Crippen LogP contribution in [0.1, 0.15) is 27.6 Å². The molecule has 0 heterocycles. The van der Waals surface area contributed by atoms with E-state index < -0.39 is 23.9 Å². The summed E-state index contributed by atoms with van der Waals surface area (Å²) in [7, 11) is 0. The maximum absolute atomic E-state index is 11.9. The van der Waals surface area contributed by atoms with E-state index in [9.17, 15) is 14.4 Å². The molecule has 0 aliphatic carbocycles. The molecule has 2 aromatic rings. The number of phenolic OH excluding ortho intramolecular Hbond substituents is 1. The van der Waals surface area contributed by atoms with Gasteiger partial charge in [0.05, 0.1) is 5.56 Å². The molecule has 2 amide bonds. The second-order valence-electron chi connectivity index (χ2n) is 4.90. The maximum Gasteiger partial charge on any atom is 0.338 e. The van der Waals surface area contributed by atoms with Gasteiger partial charge >= 0.3 is 5.97 Å². The van der Waals surface area contributed by atoms with Gasteiger partial charge in [0.2, 0.25) is 0 Å². The molecule has 7 nitrogen and oxygen atoms in total. The van der Waals surface area contributed by atoms with Gasteiger partial charge in [0, 0.05) is 5.56 Å². The molecule has 0 aliphatic rings. The number of carbonyl (C=O) groups is 3. The highest BCUT2D eigenvalue weighted by Gasteiger charge is 2.19. The van der Waals surface area contributed by atoms with Gasteiger partial charge in [0.25, 0.3) is 11.8 Å². The molecule has 0 saturated heterocycles. The monoisotopic (exact) mass is 328 g/mol. The Labute approximate surface area is 138 Å². The fourth-order valence-electron chi connectivity index (χ4n) is 1.76. The molecule has 0 fully saturated rings. The van der Waals surface area contributed by atoms with Gasteiger partial charge in [-0.15, -0.1) is 0 Å². The van der Waals surface area contributed by atoms with Crippen LogP contribution < -0.4 is 10.9 Å². The Bertz CT molecular complexity index is 728. The highest BCUT2D eigenvalue weighted by molar-refractivity contribution is 5.96. The zero-order valence-electron chi connectivity index (χ0n) is 12.9. The summed E-state index contributed by atoms with van der Waals surface area (Å²) >= 11 is 0. The van der Waals surface area contributed by atoms with Crippen LogP contribution in [0.4, 0.5) is 0 Å². The summed E-state index contributed by atoms with van der Waals surface area (Å²) in [5.41, 5.74) is 5.00. The maximum atomic E-state index is 11.9. The van der Waals surface area contributed by atoms with Crippen LogP contribution in [0.2, 0.25) is 0 Å². The molecular weight excluding hydrogens is 312 g/mol. The van der Waals surface area contributed by atoms with Crippen molar-refractivity contribution in [1.82, 2.24) is 10.9 Å². The van der Waals surface area contributed by atoms with Crippen LogP contribution in [0, 0.1) is 0 Å². The van der Waals surface area contributed by atoms with E-state index in [1.165, 1.54) is 31.2 Å². The molecule has 2 rings (SSSR count). The van der Waals surface area contributed by atoms with E-state index in [2.05, 4.69) is 10.9 Å². The van der Waals surface area contributed by atoms with Gasteiger partial charge in [-0.25, -0.2) is 4.79 Å². The molecule has 0 unspecified atom stereocenters. The van der Waals surface area contributed by atoms with Gasteiger partial charge < -0.3 is 9.84 Å². The van der Waals surface area contributed by atoms with Crippen molar-refractivity contribution in [3.8, 4) is 5.75 Å². The second kappa shape index (κ2) is 7.77. The van der Waals surface area contributed by atoms with Crippen LogP contribution in [0.3, 0.4) is 0 Å². The average Bonchev–Trinajstić information content (AvgIpc) is 2.60. The zero-order valence-corrected chi connectivity index (χ0v) is 12.9.